The third kappa shape index (κ3) is 3.35. The molecule has 1 atom stereocenters. The summed E-state index contributed by atoms with van der Waals surface area (Å²) in [6.45, 7) is 1.63. The summed E-state index contributed by atoms with van der Waals surface area (Å²) in [5.74, 6) is 1.77. The van der Waals surface area contributed by atoms with Crippen LogP contribution < -0.4 is 14.5 Å². The predicted octanol–water partition coefficient (Wildman–Crippen LogP) is 1.25. The fourth-order valence-electron chi connectivity index (χ4n) is 2.79. The predicted molar refractivity (Wildman–Crippen MR) is 89.0 cm³/mol. The van der Waals surface area contributed by atoms with E-state index in [2.05, 4.69) is 35.8 Å². The Hall–Kier alpha value is -2.95. The minimum atomic E-state index is 0.236. The highest BCUT2D eigenvalue weighted by Crippen LogP contribution is 2.22. The van der Waals surface area contributed by atoms with Gasteiger partial charge in [0.25, 0.3) is 0 Å². The summed E-state index contributed by atoms with van der Waals surface area (Å²) in [7, 11) is 3.57. The maximum Gasteiger partial charge on any atom is 0.228 e. The molecule has 8 heteroatoms. The van der Waals surface area contributed by atoms with Crippen molar-refractivity contribution in [3.05, 3.63) is 30.2 Å². The van der Waals surface area contributed by atoms with Crippen molar-refractivity contribution < 1.29 is 4.74 Å². The third-order valence-corrected chi connectivity index (χ3v) is 4.13. The molecule has 1 fully saturated rings. The van der Waals surface area contributed by atoms with Crippen LogP contribution in [0.4, 0.5) is 11.9 Å². The molecule has 3 rings (SSSR count). The molecule has 0 aliphatic carbocycles. The van der Waals surface area contributed by atoms with Crippen molar-refractivity contribution in [2.24, 2.45) is 0 Å². The molecule has 0 N–H and O–H groups in total. The molecule has 1 aliphatic rings. The number of methoxy groups -OCH3 is 1. The van der Waals surface area contributed by atoms with E-state index in [1.807, 2.05) is 7.05 Å². The van der Waals surface area contributed by atoms with Crippen LogP contribution in [0.15, 0.2) is 24.5 Å². The van der Waals surface area contributed by atoms with Crippen molar-refractivity contribution in [2.75, 3.05) is 37.0 Å². The van der Waals surface area contributed by atoms with E-state index >= 15 is 0 Å². The Labute approximate surface area is 140 Å². The van der Waals surface area contributed by atoms with Gasteiger partial charge in [-0.1, -0.05) is 0 Å². The van der Waals surface area contributed by atoms with Gasteiger partial charge in [0.15, 0.2) is 0 Å². The van der Waals surface area contributed by atoms with Gasteiger partial charge in [0.2, 0.25) is 17.8 Å². The highest BCUT2D eigenvalue weighted by Gasteiger charge is 2.26. The van der Waals surface area contributed by atoms with Crippen molar-refractivity contribution >= 4 is 11.9 Å². The van der Waals surface area contributed by atoms with E-state index < -0.39 is 0 Å². The first kappa shape index (κ1) is 15.9. The summed E-state index contributed by atoms with van der Waals surface area (Å²) in [4.78, 5) is 21.5. The monoisotopic (exact) mass is 325 g/mol. The number of nitrogens with zero attached hydrogens (tertiary/aromatic N) is 7. The van der Waals surface area contributed by atoms with Crippen LogP contribution >= 0.6 is 0 Å². The van der Waals surface area contributed by atoms with Crippen LogP contribution in [-0.2, 0) is 0 Å². The molecular weight excluding hydrogens is 306 g/mol. The molecule has 3 heterocycles. The molecule has 0 saturated carbocycles. The first-order chi connectivity index (χ1) is 11.7. The van der Waals surface area contributed by atoms with Gasteiger partial charge >= 0.3 is 0 Å². The Morgan fingerprint density at radius 2 is 2.12 bits per heavy atom. The summed E-state index contributed by atoms with van der Waals surface area (Å²) >= 11 is 0. The molecule has 124 valence electrons. The summed E-state index contributed by atoms with van der Waals surface area (Å²) in [6.07, 6.45) is 5.36. The van der Waals surface area contributed by atoms with Crippen LogP contribution in [-0.4, -0.2) is 53.2 Å². The molecular formula is C16H19N7O. The van der Waals surface area contributed by atoms with Crippen molar-refractivity contribution in [1.82, 2.24) is 19.9 Å². The van der Waals surface area contributed by atoms with Gasteiger partial charge in [-0.15, -0.1) is 0 Å². The molecule has 0 bridgehead atoms. The molecule has 0 amide bonds. The first-order valence-corrected chi connectivity index (χ1v) is 7.79. The van der Waals surface area contributed by atoms with E-state index in [9.17, 15) is 0 Å². The average Bonchev–Trinajstić information content (AvgIpc) is 2.67. The Bertz CT molecular complexity index is 745. The lowest BCUT2D eigenvalue weighted by molar-refractivity contribution is 0.395. The normalized spacial score (nSPS) is 17.2. The summed E-state index contributed by atoms with van der Waals surface area (Å²) in [5, 5.41) is 9.00. The van der Waals surface area contributed by atoms with Crippen molar-refractivity contribution in [3.8, 4) is 11.9 Å². The maximum absolute atomic E-state index is 9.00. The smallest absolute Gasteiger partial charge is 0.228 e. The van der Waals surface area contributed by atoms with E-state index in [4.69, 9.17) is 10.00 Å². The SMILES string of the molecule is COc1ccnc(N(C)C2CCCN(c3nccc(C#N)n3)C2)n1. The van der Waals surface area contributed by atoms with E-state index in [1.165, 1.54) is 0 Å². The molecule has 1 aliphatic heterocycles. The van der Waals surface area contributed by atoms with E-state index in [0.29, 0.717) is 23.5 Å². The molecule has 0 spiro atoms. The van der Waals surface area contributed by atoms with E-state index in [-0.39, 0.29) is 6.04 Å². The van der Waals surface area contributed by atoms with E-state index in [0.717, 1.165) is 25.9 Å². The first-order valence-electron chi connectivity index (χ1n) is 7.79. The highest BCUT2D eigenvalue weighted by atomic mass is 16.5. The number of likely N-dealkylation sites (N-methyl/N-ethyl adjacent to an activating group) is 1. The largest absolute Gasteiger partial charge is 0.481 e. The molecule has 1 unspecified atom stereocenters. The van der Waals surface area contributed by atoms with Gasteiger partial charge in [0.1, 0.15) is 11.8 Å². The van der Waals surface area contributed by atoms with Gasteiger partial charge in [-0.3, -0.25) is 0 Å². The Morgan fingerprint density at radius 3 is 2.92 bits per heavy atom. The molecule has 2 aromatic rings. The van der Waals surface area contributed by atoms with Gasteiger partial charge in [-0.05, 0) is 18.9 Å². The number of aromatic nitrogens is 4. The summed E-state index contributed by atoms with van der Waals surface area (Å²) in [6, 6.07) is 5.63. The molecule has 1 saturated heterocycles. The Morgan fingerprint density at radius 1 is 1.29 bits per heavy atom. The van der Waals surface area contributed by atoms with Gasteiger partial charge < -0.3 is 14.5 Å². The topological polar surface area (TPSA) is 91.1 Å². The maximum atomic E-state index is 9.00. The number of nitriles is 1. The lowest BCUT2D eigenvalue weighted by atomic mass is 10.1. The molecule has 0 aromatic carbocycles. The number of hydrogen-bond donors (Lipinski definition) is 0. The molecule has 0 radical (unpaired) electrons. The van der Waals surface area contributed by atoms with Crippen LogP contribution in [0.1, 0.15) is 18.5 Å². The number of anilines is 2. The van der Waals surface area contributed by atoms with Crippen molar-refractivity contribution in [2.45, 2.75) is 18.9 Å². The zero-order chi connectivity index (χ0) is 16.9. The minimum Gasteiger partial charge on any atom is -0.481 e. The van der Waals surface area contributed by atoms with Crippen molar-refractivity contribution in [3.63, 3.8) is 0 Å². The molecule has 24 heavy (non-hydrogen) atoms. The molecule has 2 aromatic heterocycles. The number of ether oxygens (including phenoxy) is 1. The number of hydrogen-bond acceptors (Lipinski definition) is 8. The second-order valence-corrected chi connectivity index (χ2v) is 5.61. The zero-order valence-corrected chi connectivity index (χ0v) is 13.8. The lowest BCUT2D eigenvalue weighted by Crippen LogP contribution is -2.47. The second-order valence-electron chi connectivity index (χ2n) is 5.61. The highest BCUT2D eigenvalue weighted by molar-refractivity contribution is 5.38. The second kappa shape index (κ2) is 7.08. The van der Waals surface area contributed by atoms with Gasteiger partial charge in [0, 0.05) is 44.6 Å². The summed E-state index contributed by atoms with van der Waals surface area (Å²) in [5.41, 5.74) is 0.381. The Kier molecular flexibility index (Phi) is 4.70. The van der Waals surface area contributed by atoms with Gasteiger partial charge in [-0.25, -0.2) is 15.0 Å². The minimum absolute atomic E-state index is 0.236. The lowest BCUT2D eigenvalue weighted by Gasteiger charge is -2.37. The zero-order valence-electron chi connectivity index (χ0n) is 13.8. The molecule has 8 nitrogen and oxygen atoms in total. The van der Waals surface area contributed by atoms with Crippen LogP contribution in [0.3, 0.4) is 0 Å². The van der Waals surface area contributed by atoms with Crippen LogP contribution in [0.25, 0.3) is 0 Å². The third-order valence-electron chi connectivity index (χ3n) is 4.13. The standard InChI is InChI=1S/C16H19N7O/c1-22(15-18-8-6-14(21-15)24-2)13-4-3-9-23(11-13)16-19-7-5-12(10-17)20-16/h5-8,13H,3-4,9,11H2,1-2H3. The van der Waals surface area contributed by atoms with Crippen LogP contribution in [0.5, 0.6) is 5.88 Å². The Balaban J connectivity index is 1.76. The van der Waals surface area contributed by atoms with Crippen LogP contribution in [0.2, 0.25) is 0 Å². The number of rotatable bonds is 4. The fourth-order valence-corrected chi connectivity index (χ4v) is 2.79. The quantitative estimate of drug-likeness (QED) is 0.829. The van der Waals surface area contributed by atoms with E-state index in [1.54, 1.807) is 31.6 Å². The van der Waals surface area contributed by atoms with Crippen LogP contribution in [0, 0.1) is 11.3 Å². The van der Waals surface area contributed by atoms with Crippen molar-refractivity contribution in [1.29, 1.82) is 5.26 Å². The fraction of sp³-hybridized carbons (Fsp3) is 0.438. The van der Waals surface area contributed by atoms with Gasteiger partial charge in [0.05, 0.1) is 7.11 Å². The average molecular weight is 325 g/mol. The summed E-state index contributed by atoms with van der Waals surface area (Å²) < 4.78 is 5.17. The van der Waals surface area contributed by atoms with Gasteiger partial charge in [-0.2, -0.15) is 10.2 Å². The number of piperidine rings is 1.